The third kappa shape index (κ3) is 4.46. The first-order chi connectivity index (χ1) is 8.70. The number of hydrogen-bond acceptors (Lipinski definition) is 0. The van der Waals surface area contributed by atoms with Gasteiger partial charge in [-0.3, -0.25) is 0 Å². The SMILES string of the molecule is CC1=CCCC(C)(C)C1/C=C/C(C)[N+](C)(C)CCBr. The van der Waals surface area contributed by atoms with Crippen molar-refractivity contribution >= 4 is 15.9 Å². The van der Waals surface area contributed by atoms with Gasteiger partial charge < -0.3 is 4.48 Å². The van der Waals surface area contributed by atoms with Gasteiger partial charge in [0.1, 0.15) is 6.04 Å². The highest BCUT2D eigenvalue weighted by Crippen LogP contribution is 2.41. The molecule has 0 aromatic rings. The highest BCUT2D eigenvalue weighted by molar-refractivity contribution is 9.09. The number of quaternary nitrogens is 1. The Morgan fingerprint density at radius 3 is 2.63 bits per heavy atom. The van der Waals surface area contributed by atoms with Gasteiger partial charge in [-0.1, -0.05) is 47.5 Å². The topological polar surface area (TPSA) is 0 Å². The zero-order valence-electron chi connectivity index (χ0n) is 13.5. The predicted molar refractivity (Wildman–Crippen MR) is 89.6 cm³/mol. The van der Waals surface area contributed by atoms with E-state index in [-0.39, 0.29) is 0 Å². The zero-order valence-corrected chi connectivity index (χ0v) is 15.1. The lowest BCUT2D eigenvalue weighted by Crippen LogP contribution is -2.47. The molecule has 0 spiro atoms. The van der Waals surface area contributed by atoms with E-state index in [4.69, 9.17) is 0 Å². The number of hydrogen-bond donors (Lipinski definition) is 0. The highest BCUT2D eigenvalue weighted by Gasteiger charge is 2.31. The van der Waals surface area contributed by atoms with Crippen molar-refractivity contribution in [3.63, 3.8) is 0 Å². The van der Waals surface area contributed by atoms with Crippen molar-refractivity contribution in [1.29, 1.82) is 0 Å². The van der Waals surface area contributed by atoms with Crippen LogP contribution in [-0.4, -0.2) is 36.5 Å². The first-order valence-corrected chi connectivity index (χ1v) is 8.56. The smallest absolute Gasteiger partial charge is 0.104 e. The molecule has 0 aliphatic heterocycles. The summed E-state index contributed by atoms with van der Waals surface area (Å²) in [6.45, 7) is 10.6. The maximum absolute atomic E-state index is 3.56. The Morgan fingerprint density at radius 2 is 2.11 bits per heavy atom. The lowest BCUT2D eigenvalue weighted by atomic mass is 9.68. The summed E-state index contributed by atoms with van der Waals surface area (Å²) in [7, 11) is 4.62. The minimum absolute atomic E-state index is 0.404. The van der Waals surface area contributed by atoms with Gasteiger partial charge in [-0.15, -0.1) is 0 Å². The molecule has 110 valence electrons. The Hall–Kier alpha value is -0.0800. The molecule has 1 aliphatic carbocycles. The fraction of sp³-hybridized carbons (Fsp3) is 0.765. The van der Waals surface area contributed by atoms with Crippen LogP contribution in [0.3, 0.4) is 0 Å². The van der Waals surface area contributed by atoms with Gasteiger partial charge >= 0.3 is 0 Å². The Bertz CT molecular complexity index is 352. The largest absolute Gasteiger partial charge is 0.322 e. The van der Waals surface area contributed by atoms with Gasteiger partial charge in [0.2, 0.25) is 0 Å². The van der Waals surface area contributed by atoms with Crippen LogP contribution in [0.2, 0.25) is 0 Å². The predicted octanol–water partition coefficient (Wildman–Crippen LogP) is 4.78. The van der Waals surface area contributed by atoms with E-state index in [1.54, 1.807) is 5.57 Å². The molecule has 0 amide bonds. The molecule has 0 radical (unpaired) electrons. The van der Waals surface area contributed by atoms with E-state index in [9.17, 15) is 0 Å². The van der Waals surface area contributed by atoms with E-state index in [1.165, 1.54) is 12.8 Å². The van der Waals surface area contributed by atoms with Crippen LogP contribution in [0.15, 0.2) is 23.8 Å². The molecule has 2 heteroatoms. The Morgan fingerprint density at radius 1 is 1.47 bits per heavy atom. The molecule has 0 fully saturated rings. The van der Waals surface area contributed by atoms with Crippen LogP contribution < -0.4 is 0 Å². The Balaban J connectivity index is 2.80. The maximum atomic E-state index is 3.56. The second-order valence-electron chi connectivity index (χ2n) is 7.27. The monoisotopic (exact) mass is 328 g/mol. The van der Waals surface area contributed by atoms with E-state index < -0.39 is 0 Å². The van der Waals surface area contributed by atoms with Crippen LogP contribution >= 0.6 is 15.9 Å². The van der Waals surface area contributed by atoms with Gasteiger partial charge in [0, 0.05) is 5.92 Å². The zero-order chi connectivity index (χ0) is 14.7. The van der Waals surface area contributed by atoms with Crippen LogP contribution in [0.25, 0.3) is 0 Å². The van der Waals surface area contributed by atoms with Gasteiger partial charge in [0.05, 0.1) is 26.0 Å². The maximum Gasteiger partial charge on any atom is 0.104 e. The van der Waals surface area contributed by atoms with E-state index in [0.29, 0.717) is 17.4 Å². The van der Waals surface area contributed by atoms with Crippen molar-refractivity contribution < 1.29 is 4.48 Å². The minimum atomic E-state index is 0.404. The van der Waals surface area contributed by atoms with E-state index in [1.807, 2.05) is 0 Å². The highest BCUT2D eigenvalue weighted by atomic mass is 79.9. The van der Waals surface area contributed by atoms with Gasteiger partial charge in [-0.25, -0.2) is 0 Å². The molecular formula is C17H31BrN+. The number of halogens is 1. The van der Waals surface area contributed by atoms with Crippen LogP contribution in [0, 0.1) is 11.3 Å². The lowest BCUT2D eigenvalue weighted by molar-refractivity contribution is -0.903. The minimum Gasteiger partial charge on any atom is -0.322 e. The number of allylic oxidation sites excluding steroid dienone is 3. The van der Waals surface area contributed by atoms with Gasteiger partial charge in [0.25, 0.3) is 0 Å². The van der Waals surface area contributed by atoms with Gasteiger partial charge in [0.15, 0.2) is 0 Å². The van der Waals surface area contributed by atoms with E-state index in [2.05, 4.69) is 75.9 Å². The van der Waals surface area contributed by atoms with Crippen molar-refractivity contribution in [2.24, 2.45) is 11.3 Å². The first-order valence-electron chi connectivity index (χ1n) is 7.44. The molecule has 0 aromatic carbocycles. The molecule has 2 atom stereocenters. The molecule has 0 aromatic heterocycles. The first kappa shape index (κ1) is 17.0. The average Bonchev–Trinajstić information content (AvgIpc) is 2.27. The summed E-state index contributed by atoms with van der Waals surface area (Å²) in [5.41, 5.74) is 1.95. The molecule has 0 saturated heterocycles. The van der Waals surface area contributed by atoms with Crippen LogP contribution in [-0.2, 0) is 0 Å². The summed E-state index contributed by atoms with van der Waals surface area (Å²) in [6.07, 6.45) is 9.85. The van der Waals surface area contributed by atoms with Gasteiger partial charge in [-0.2, -0.15) is 0 Å². The van der Waals surface area contributed by atoms with Crippen molar-refractivity contribution in [3.05, 3.63) is 23.8 Å². The summed E-state index contributed by atoms with van der Waals surface area (Å²) in [5.74, 6) is 0.604. The quantitative estimate of drug-likeness (QED) is 0.387. The third-order valence-electron chi connectivity index (χ3n) is 4.93. The van der Waals surface area contributed by atoms with E-state index in [0.717, 1.165) is 16.4 Å². The molecule has 0 N–H and O–H groups in total. The third-order valence-corrected chi connectivity index (χ3v) is 5.29. The fourth-order valence-corrected chi connectivity index (χ4v) is 3.82. The molecule has 0 saturated carbocycles. The van der Waals surface area contributed by atoms with Crippen molar-refractivity contribution in [3.8, 4) is 0 Å². The molecule has 0 bridgehead atoms. The van der Waals surface area contributed by atoms with Gasteiger partial charge in [-0.05, 0) is 38.2 Å². The number of nitrogens with zero attached hydrogens (tertiary/aromatic N) is 1. The fourth-order valence-electron chi connectivity index (χ4n) is 2.91. The Kier molecular flexibility index (Phi) is 5.88. The molecule has 1 aliphatic rings. The van der Waals surface area contributed by atoms with Crippen LogP contribution in [0.1, 0.15) is 40.5 Å². The van der Waals surface area contributed by atoms with Crippen LogP contribution in [0.5, 0.6) is 0 Å². The molecular weight excluding hydrogens is 298 g/mol. The lowest BCUT2D eigenvalue weighted by Gasteiger charge is -2.38. The summed E-state index contributed by atoms with van der Waals surface area (Å²) in [5, 5.41) is 1.06. The molecule has 1 nitrogen and oxygen atoms in total. The second-order valence-corrected chi connectivity index (χ2v) is 8.06. The van der Waals surface area contributed by atoms with Crippen molar-refractivity contribution in [1.82, 2.24) is 0 Å². The second kappa shape index (κ2) is 6.58. The van der Waals surface area contributed by atoms with Crippen LogP contribution in [0.4, 0.5) is 0 Å². The molecule has 2 unspecified atom stereocenters. The summed E-state index contributed by atoms with van der Waals surface area (Å²) in [4.78, 5) is 0. The standard InChI is InChI=1S/C17H31BrN/c1-14-8-7-11-17(3,4)16(14)10-9-15(2)19(5,6)13-12-18/h8-10,15-16H,7,11-13H2,1-6H3/q+1/b10-9+. The Labute approximate surface area is 128 Å². The molecule has 1 rings (SSSR count). The number of rotatable bonds is 5. The summed E-state index contributed by atoms with van der Waals surface area (Å²) < 4.78 is 1.04. The van der Waals surface area contributed by atoms with Crippen molar-refractivity contribution in [2.45, 2.75) is 46.6 Å². The van der Waals surface area contributed by atoms with Crippen molar-refractivity contribution in [2.75, 3.05) is 26.0 Å². The molecule has 19 heavy (non-hydrogen) atoms. The summed E-state index contributed by atoms with van der Waals surface area (Å²) in [6, 6.07) is 0.558. The number of alkyl halides is 1. The van der Waals surface area contributed by atoms with E-state index >= 15 is 0 Å². The average molecular weight is 329 g/mol. The normalized spacial score (nSPS) is 25.4. The summed E-state index contributed by atoms with van der Waals surface area (Å²) >= 11 is 3.56. The number of likely N-dealkylation sites (N-methyl/N-ethyl adjacent to an activating group) is 1. The molecule has 0 heterocycles.